The molecule has 0 fully saturated rings. The second-order valence-corrected chi connectivity index (χ2v) is 5.48. The largest absolute Gasteiger partial charge is 0.302 e. The van der Waals surface area contributed by atoms with Gasteiger partial charge in [0.25, 0.3) is 0 Å². The lowest BCUT2D eigenvalue weighted by molar-refractivity contribution is 0.259. The second-order valence-electron chi connectivity index (χ2n) is 5.48. The lowest BCUT2D eigenvalue weighted by atomic mass is 9.76. The van der Waals surface area contributed by atoms with Crippen molar-refractivity contribution in [3.63, 3.8) is 0 Å². The highest BCUT2D eigenvalue weighted by molar-refractivity contribution is 5.45. The zero-order valence-corrected chi connectivity index (χ0v) is 11.2. The monoisotopic (exact) mass is 217 g/mol. The van der Waals surface area contributed by atoms with Gasteiger partial charge in [0.1, 0.15) is 0 Å². The minimum Gasteiger partial charge on any atom is -0.302 e. The van der Waals surface area contributed by atoms with Gasteiger partial charge in [-0.2, -0.15) is 0 Å². The van der Waals surface area contributed by atoms with Crippen molar-refractivity contribution in [2.75, 3.05) is 14.1 Å². The van der Waals surface area contributed by atoms with Crippen LogP contribution in [0.2, 0.25) is 0 Å². The molecule has 16 heavy (non-hydrogen) atoms. The Hall–Kier alpha value is -0.820. The Morgan fingerprint density at radius 1 is 1.00 bits per heavy atom. The molecule has 2 unspecified atom stereocenters. The Labute approximate surface area is 99.5 Å². The summed E-state index contributed by atoms with van der Waals surface area (Å²) in [5.41, 5.74) is 6.15. The smallest absolute Gasteiger partial charge is 0.0347 e. The fraction of sp³-hybridized carbons (Fsp3) is 0.600. The zero-order chi connectivity index (χ0) is 11.9. The van der Waals surface area contributed by atoms with Crippen LogP contribution < -0.4 is 0 Å². The maximum absolute atomic E-state index is 2.37. The van der Waals surface area contributed by atoms with Gasteiger partial charge in [-0.25, -0.2) is 0 Å². The van der Waals surface area contributed by atoms with E-state index in [1.54, 1.807) is 11.1 Å². The molecule has 0 heterocycles. The molecule has 0 saturated heterocycles. The molecule has 0 amide bonds. The maximum atomic E-state index is 2.37. The van der Waals surface area contributed by atoms with E-state index in [0.29, 0.717) is 6.04 Å². The van der Waals surface area contributed by atoms with Crippen molar-refractivity contribution in [1.29, 1.82) is 0 Å². The summed E-state index contributed by atoms with van der Waals surface area (Å²) in [5, 5.41) is 0. The molecular weight excluding hydrogens is 194 g/mol. The number of rotatable bonds is 1. The molecule has 1 aliphatic carbocycles. The van der Waals surface area contributed by atoms with Crippen molar-refractivity contribution in [2.24, 2.45) is 0 Å². The highest BCUT2D eigenvalue weighted by Gasteiger charge is 2.28. The van der Waals surface area contributed by atoms with Crippen molar-refractivity contribution >= 4 is 0 Å². The van der Waals surface area contributed by atoms with Crippen molar-refractivity contribution in [2.45, 2.75) is 45.6 Å². The van der Waals surface area contributed by atoms with Gasteiger partial charge < -0.3 is 4.90 Å². The van der Waals surface area contributed by atoms with E-state index in [0.717, 1.165) is 5.92 Å². The van der Waals surface area contributed by atoms with E-state index in [2.05, 4.69) is 51.9 Å². The summed E-state index contributed by atoms with van der Waals surface area (Å²) in [6, 6.07) is 5.18. The van der Waals surface area contributed by atoms with Crippen molar-refractivity contribution in [1.82, 2.24) is 4.90 Å². The van der Waals surface area contributed by atoms with E-state index < -0.39 is 0 Å². The van der Waals surface area contributed by atoms with Gasteiger partial charge in [0.05, 0.1) is 0 Å². The Kier molecular flexibility index (Phi) is 3.07. The summed E-state index contributed by atoms with van der Waals surface area (Å²) in [6.45, 7) is 6.89. The molecular formula is C15H23N. The summed E-state index contributed by atoms with van der Waals surface area (Å²) in [4.78, 5) is 2.37. The van der Waals surface area contributed by atoms with E-state index in [9.17, 15) is 0 Å². The Bertz CT molecular complexity index is 393. The first kappa shape index (κ1) is 11.7. The van der Waals surface area contributed by atoms with Crippen LogP contribution in [0.15, 0.2) is 12.1 Å². The van der Waals surface area contributed by atoms with Gasteiger partial charge in [-0.05, 0) is 69.0 Å². The molecule has 1 heteroatoms. The predicted molar refractivity (Wildman–Crippen MR) is 70.0 cm³/mol. The van der Waals surface area contributed by atoms with Gasteiger partial charge in [-0.15, -0.1) is 0 Å². The first-order chi connectivity index (χ1) is 7.52. The van der Waals surface area contributed by atoms with E-state index in [-0.39, 0.29) is 0 Å². The molecule has 0 spiro atoms. The van der Waals surface area contributed by atoms with Crippen LogP contribution in [-0.2, 0) is 0 Å². The number of aryl methyl sites for hydroxylation is 2. The van der Waals surface area contributed by atoms with Gasteiger partial charge in [0.2, 0.25) is 0 Å². The lowest BCUT2D eigenvalue weighted by Gasteiger charge is -2.36. The van der Waals surface area contributed by atoms with Crippen molar-refractivity contribution < 1.29 is 0 Å². The zero-order valence-electron chi connectivity index (χ0n) is 11.2. The number of benzene rings is 1. The number of hydrogen-bond acceptors (Lipinski definition) is 1. The van der Waals surface area contributed by atoms with Crippen molar-refractivity contribution in [3.8, 4) is 0 Å². The first-order valence-electron chi connectivity index (χ1n) is 6.28. The van der Waals surface area contributed by atoms with Gasteiger partial charge in [0.15, 0.2) is 0 Å². The highest BCUT2D eigenvalue weighted by Crippen LogP contribution is 2.42. The first-order valence-corrected chi connectivity index (χ1v) is 6.28. The summed E-state index contributed by atoms with van der Waals surface area (Å²) in [5.74, 6) is 0.728. The third-order valence-corrected chi connectivity index (χ3v) is 4.05. The molecule has 0 aromatic heterocycles. The molecule has 0 saturated carbocycles. The lowest BCUT2D eigenvalue weighted by Crippen LogP contribution is -2.26. The van der Waals surface area contributed by atoms with Crippen LogP contribution in [0.3, 0.4) is 0 Å². The maximum Gasteiger partial charge on any atom is 0.0347 e. The SMILES string of the molecule is Cc1ccc(C)c2c1C(C)CCC2N(C)C. The van der Waals surface area contributed by atoms with Crippen LogP contribution in [0.1, 0.15) is 54.0 Å². The van der Waals surface area contributed by atoms with Crippen LogP contribution in [0.4, 0.5) is 0 Å². The molecule has 1 aromatic rings. The molecule has 0 aliphatic heterocycles. The summed E-state index contributed by atoms with van der Waals surface area (Å²) in [6.07, 6.45) is 2.62. The van der Waals surface area contributed by atoms with E-state index in [1.807, 2.05) is 0 Å². The predicted octanol–water partition coefficient (Wildman–Crippen LogP) is 3.80. The van der Waals surface area contributed by atoms with Crippen LogP contribution in [0.5, 0.6) is 0 Å². The molecule has 88 valence electrons. The molecule has 2 rings (SSSR count). The number of hydrogen-bond donors (Lipinski definition) is 0. The summed E-state index contributed by atoms with van der Waals surface area (Å²) in [7, 11) is 4.40. The van der Waals surface area contributed by atoms with Crippen LogP contribution in [-0.4, -0.2) is 19.0 Å². The fourth-order valence-electron chi connectivity index (χ4n) is 3.16. The van der Waals surface area contributed by atoms with Gasteiger partial charge in [0, 0.05) is 6.04 Å². The average molecular weight is 217 g/mol. The highest BCUT2D eigenvalue weighted by atomic mass is 15.1. The average Bonchev–Trinajstić information content (AvgIpc) is 2.23. The molecule has 1 aliphatic rings. The van der Waals surface area contributed by atoms with E-state index in [4.69, 9.17) is 0 Å². The molecule has 0 radical (unpaired) electrons. The third-order valence-electron chi connectivity index (χ3n) is 4.05. The van der Waals surface area contributed by atoms with Crippen LogP contribution >= 0.6 is 0 Å². The van der Waals surface area contributed by atoms with Gasteiger partial charge in [-0.3, -0.25) is 0 Å². The van der Waals surface area contributed by atoms with Crippen LogP contribution in [0.25, 0.3) is 0 Å². The number of fused-ring (bicyclic) bond motifs is 1. The van der Waals surface area contributed by atoms with E-state index in [1.165, 1.54) is 24.0 Å². The minimum absolute atomic E-state index is 0.617. The van der Waals surface area contributed by atoms with Gasteiger partial charge >= 0.3 is 0 Å². The van der Waals surface area contributed by atoms with Crippen LogP contribution in [0, 0.1) is 13.8 Å². The number of nitrogens with zero attached hydrogens (tertiary/aromatic N) is 1. The molecule has 0 bridgehead atoms. The molecule has 1 nitrogen and oxygen atoms in total. The van der Waals surface area contributed by atoms with E-state index >= 15 is 0 Å². The Morgan fingerprint density at radius 3 is 2.12 bits per heavy atom. The summed E-state index contributed by atoms with van der Waals surface area (Å²) < 4.78 is 0. The molecule has 2 atom stereocenters. The van der Waals surface area contributed by atoms with Crippen molar-refractivity contribution in [3.05, 3.63) is 34.4 Å². The molecule has 0 N–H and O–H groups in total. The minimum atomic E-state index is 0.617. The Morgan fingerprint density at radius 2 is 1.56 bits per heavy atom. The second kappa shape index (κ2) is 4.21. The quantitative estimate of drug-likeness (QED) is 0.691. The normalized spacial score (nSPS) is 24.6. The Balaban J connectivity index is 2.60. The topological polar surface area (TPSA) is 3.24 Å². The van der Waals surface area contributed by atoms with Gasteiger partial charge in [-0.1, -0.05) is 19.1 Å². The summed E-state index contributed by atoms with van der Waals surface area (Å²) >= 11 is 0. The molecule has 1 aromatic carbocycles. The third kappa shape index (κ3) is 1.78. The fourth-order valence-corrected chi connectivity index (χ4v) is 3.16. The standard InChI is InChI=1S/C15H23N/c1-10-6-7-12(3)15-13(16(4)5)9-8-11(2)14(10)15/h6-7,11,13H,8-9H2,1-5H3.